The lowest BCUT2D eigenvalue weighted by Gasteiger charge is -2.39. The van der Waals surface area contributed by atoms with Crippen LogP contribution in [0, 0.1) is 0 Å². The molecule has 0 aromatic heterocycles. The predicted octanol–water partition coefficient (Wildman–Crippen LogP) is 1.26. The number of carbonyl (C=O) groups excluding carboxylic acids is 4. The summed E-state index contributed by atoms with van der Waals surface area (Å²) < 4.78 is 4.80. The number of ketones is 3. The Bertz CT molecular complexity index is 1320. The third-order valence-corrected chi connectivity index (χ3v) is 7.29. The molecule has 0 amide bonds. The minimum atomic E-state index is -2.07. The van der Waals surface area contributed by atoms with E-state index in [2.05, 4.69) is 5.32 Å². The smallest absolute Gasteiger partial charge is 0.303 e. The number of fused-ring (bicyclic) bond motifs is 3. The van der Waals surface area contributed by atoms with Gasteiger partial charge in [0.25, 0.3) is 0 Å². The SMILES string of the molecule is CC(=O)OCC(=O)[C@]1(O)Cc2c(O)c3c(c(O)c2[C@@H](NCC(C)N(C)C)C1)C(=O)c1ccccc1C3=O. The highest BCUT2D eigenvalue weighted by atomic mass is 16.5. The zero-order valence-electron chi connectivity index (χ0n) is 21.1. The summed E-state index contributed by atoms with van der Waals surface area (Å²) in [6, 6.07) is 5.28. The van der Waals surface area contributed by atoms with Crippen molar-refractivity contribution in [1.82, 2.24) is 10.2 Å². The summed E-state index contributed by atoms with van der Waals surface area (Å²) in [6.45, 7) is 2.78. The van der Waals surface area contributed by atoms with E-state index in [1.165, 1.54) is 12.1 Å². The van der Waals surface area contributed by atoms with Crippen molar-refractivity contribution in [2.24, 2.45) is 0 Å². The van der Waals surface area contributed by atoms with Crippen LogP contribution in [0.1, 0.15) is 69.3 Å². The van der Waals surface area contributed by atoms with Crippen molar-refractivity contribution in [1.29, 1.82) is 0 Å². The Balaban J connectivity index is 1.87. The summed E-state index contributed by atoms with van der Waals surface area (Å²) in [4.78, 5) is 52.8. The van der Waals surface area contributed by atoms with Gasteiger partial charge < -0.3 is 30.3 Å². The molecule has 2 aromatic carbocycles. The molecule has 2 aliphatic rings. The van der Waals surface area contributed by atoms with Crippen LogP contribution in [-0.2, 0) is 20.7 Å². The molecule has 0 radical (unpaired) electrons. The summed E-state index contributed by atoms with van der Waals surface area (Å²) in [5.74, 6) is -3.77. The number of carbonyl (C=O) groups is 4. The molecule has 10 heteroatoms. The fourth-order valence-electron chi connectivity index (χ4n) is 4.93. The van der Waals surface area contributed by atoms with Gasteiger partial charge in [-0.15, -0.1) is 0 Å². The zero-order chi connectivity index (χ0) is 27.2. The molecule has 0 bridgehead atoms. The van der Waals surface area contributed by atoms with Crippen molar-refractivity contribution >= 4 is 23.3 Å². The fraction of sp³-hybridized carbons (Fsp3) is 0.407. The number of nitrogens with zero attached hydrogens (tertiary/aromatic N) is 1. The van der Waals surface area contributed by atoms with Gasteiger partial charge in [0.05, 0.1) is 11.1 Å². The quantitative estimate of drug-likeness (QED) is 0.270. The Hall–Kier alpha value is -3.60. The lowest BCUT2D eigenvalue weighted by molar-refractivity contribution is -0.154. The van der Waals surface area contributed by atoms with E-state index < -0.39 is 59.5 Å². The second-order valence-corrected chi connectivity index (χ2v) is 9.93. The summed E-state index contributed by atoms with van der Waals surface area (Å²) in [5.41, 5.74) is -2.41. The molecule has 0 aliphatic heterocycles. The molecule has 3 atom stereocenters. The molecular weight excluding hydrogens is 480 g/mol. The van der Waals surface area contributed by atoms with Gasteiger partial charge in [0, 0.05) is 60.6 Å². The number of hydrogen-bond donors (Lipinski definition) is 4. The highest BCUT2D eigenvalue weighted by Gasteiger charge is 2.48. The van der Waals surface area contributed by atoms with Gasteiger partial charge in [-0.2, -0.15) is 0 Å². The maximum absolute atomic E-state index is 13.4. The molecule has 4 N–H and O–H groups in total. The molecule has 0 spiro atoms. The van der Waals surface area contributed by atoms with E-state index in [-0.39, 0.29) is 45.8 Å². The molecule has 0 saturated heterocycles. The topological polar surface area (TPSA) is 153 Å². The molecule has 2 aromatic rings. The molecule has 196 valence electrons. The number of ether oxygens (including phenoxy) is 1. The molecule has 0 saturated carbocycles. The average Bonchev–Trinajstić information content (AvgIpc) is 2.85. The number of nitrogens with one attached hydrogen (secondary N) is 1. The third kappa shape index (κ3) is 4.52. The number of Topliss-reactive ketones (excluding diaryl/α,β-unsaturated/α-hetero) is 1. The van der Waals surface area contributed by atoms with Crippen LogP contribution in [0.3, 0.4) is 0 Å². The minimum absolute atomic E-state index is 0.0127. The number of esters is 1. The first kappa shape index (κ1) is 26.5. The number of hydrogen-bond acceptors (Lipinski definition) is 10. The van der Waals surface area contributed by atoms with Gasteiger partial charge in [-0.05, 0) is 21.0 Å². The fourth-order valence-corrected chi connectivity index (χ4v) is 4.93. The molecule has 0 fully saturated rings. The Morgan fingerprint density at radius 1 is 1.11 bits per heavy atom. The van der Waals surface area contributed by atoms with E-state index in [0.717, 1.165) is 6.92 Å². The molecule has 2 aliphatic carbocycles. The van der Waals surface area contributed by atoms with Gasteiger partial charge >= 0.3 is 5.97 Å². The van der Waals surface area contributed by atoms with Crippen LogP contribution in [0.5, 0.6) is 11.5 Å². The normalized spacial score (nSPS) is 21.2. The van der Waals surface area contributed by atoms with E-state index in [9.17, 15) is 34.5 Å². The maximum Gasteiger partial charge on any atom is 0.303 e. The molecule has 1 unspecified atom stereocenters. The van der Waals surface area contributed by atoms with Gasteiger partial charge in [-0.25, -0.2) is 0 Å². The average molecular weight is 511 g/mol. The Morgan fingerprint density at radius 3 is 2.22 bits per heavy atom. The van der Waals surface area contributed by atoms with Crippen molar-refractivity contribution in [3.05, 3.63) is 57.6 Å². The van der Waals surface area contributed by atoms with Gasteiger partial charge in [0.15, 0.2) is 18.2 Å². The van der Waals surface area contributed by atoms with Crippen LogP contribution in [0.25, 0.3) is 0 Å². The van der Waals surface area contributed by atoms with Crippen LogP contribution in [0.4, 0.5) is 0 Å². The minimum Gasteiger partial charge on any atom is -0.507 e. The molecule has 10 nitrogen and oxygen atoms in total. The first-order valence-electron chi connectivity index (χ1n) is 11.9. The second kappa shape index (κ2) is 9.70. The maximum atomic E-state index is 13.4. The van der Waals surface area contributed by atoms with E-state index in [1.807, 2.05) is 25.9 Å². The van der Waals surface area contributed by atoms with Gasteiger partial charge in [0.1, 0.15) is 17.1 Å². The van der Waals surface area contributed by atoms with Crippen molar-refractivity contribution in [3.63, 3.8) is 0 Å². The van der Waals surface area contributed by atoms with Crippen LogP contribution in [0.15, 0.2) is 24.3 Å². The molecule has 37 heavy (non-hydrogen) atoms. The lowest BCUT2D eigenvalue weighted by atomic mass is 9.71. The number of aliphatic hydroxyl groups is 1. The van der Waals surface area contributed by atoms with Crippen LogP contribution in [-0.4, -0.2) is 82.4 Å². The van der Waals surface area contributed by atoms with Crippen LogP contribution < -0.4 is 5.32 Å². The lowest BCUT2D eigenvalue weighted by Crippen LogP contribution is -2.50. The van der Waals surface area contributed by atoms with E-state index in [0.29, 0.717) is 6.54 Å². The summed E-state index contributed by atoms with van der Waals surface area (Å²) in [7, 11) is 3.75. The molecule has 4 rings (SSSR count). The monoisotopic (exact) mass is 510 g/mol. The van der Waals surface area contributed by atoms with Gasteiger partial charge in [-0.1, -0.05) is 24.3 Å². The number of aromatic hydroxyl groups is 2. The van der Waals surface area contributed by atoms with Crippen molar-refractivity contribution in [2.45, 2.75) is 44.4 Å². The van der Waals surface area contributed by atoms with E-state index >= 15 is 0 Å². The molecular formula is C27H30N2O8. The number of phenolic OH excluding ortho intramolecular Hbond substituents is 2. The number of benzene rings is 2. The van der Waals surface area contributed by atoms with Gasteiger partial charge in [0.2, 0.25) is 5.78 Å². The van der Waals surface area contributed by atoms with Gasteiger partial charge in [-0.3, -0.25) is 19.2 Å². The molecule has 0 heterocycles. The van der Waals surface area contributed by atoms with E-state index in [1.54, 1.807) is 12.1 Å². The first-order chi connectivity index (χ1) is 17.4. The third-order valence-electron chi connectivity index (χ3n) is 7.29. The number of rotatable bonds is 7. The van der Waals surface area contributed by atoms with Crippen LogP contribution >= 0.6 is 0 Å². The standard InChI is InChI=1S/C27H30N2O8/c1-13(29(3)4)11-28-18-10-27(36,19(31)12-37-14(2)30)9-17-20(18)26(35)22-21(25(17)34)23(32)15-7-5-6-8-16(15)24(22)33/h5-8,13,18,28,34-36H,9-12H2,1-4H3/t13?,18-,27-/m0/s1. The highest BCUT2D eigenvalue weighted by Crippen LogP contribution is 2.50. The van der Waals surface area contributed by atoms with Crippen molar-refractivity contribution < 1.29 is 39.2 Å². The summed E-state index contributed by atoms with van der Waals surface area (Å²) in [6.07, 6.45) is -0.662. The van der Waals surface area contributed by atoms with Crippen molar-refractivity contribution in [2.75, 3.05) is 27.2 Å². The number of phenols is 2. The Labute approximate surface area is 213 Å². The predicted molar refractivity (Wildman–Crippen MR) is 132 cm³/mol. The largest absolute Gasteiger partial charge is 0.507 e. The number of likely N-dealkylation sites (N-methyl/N-ethyl adjacent to an activating group) is 1. The second-order valence-electron chi connectivity index (χ2n) is 9.93. The van der Waals surface area contributed by atoms with Crippen molar-refractivity contribution in [3.8, 4) is 11.5 Å². The highest BCUT2D eigenvalue weighted by molar-refractivity contribution is 6.30. The Morgan fingerprint density at radius 2 is 1.68 bits per heavy atom. The summed E-state index contributed by atoms with van der Waals surface area (Å²) in [5, 5.41) is 37.3. The van der Waals surface area contributed by atoms with Crippen LogP contribution in [0.2, 0.25) is 0 Å². The van der Waals surface area contributed by atoms with E-state index in [4.69, 9.17) is 4.74 Å². The Kier molecular flexibility index (Phi) is 6.93. The summed E-state index contributed by atoms with van der Waals surface area (Å²) >= 11 is 0. The zero-order valence-corrected chi connectivity index (χ0v) is 21.1. The first-order valence-corrected chi connectivity index (χ1v) is 11.9.